The molecule has 98 valence electrons. The van der Waals surface area contributed by atoms with Gasteiger partial charge in [0.1, 0.15) is 10.6 Å². The molecule has 0 bridgehead atoms. The van der Waals surface area contributed by atoms with E-state index in [0.29, 0.717) is 0 Å². The van der Waals surface area contributed by atoms with E-state index in [1.807, 2.05) is 0 Å². The molecule has 0 unspecified atom stereocenters. The fourth-order valence-electron chi connectivity index (χ4n) is 1.42. The lowest BCUT2D eigenvalue weighted by atomic mass is 10.2. The van der Waals surface area contributed by atoms with Crippen molar-refractivity contribution in [3.8, 4) is 5.75 Å². The lowest BCUT2D eigenvalue weighted by Crippen LogP contribution is -2.09. The van der Waals surface area contributed by atoms with Crippen LogP contribution in [0.5, 0.6) is 5.75 Å². The predicted octanol–water partition coefficient (Wildman–Crippen LogP) is 2.15. The van der Waals surface area contributed by atoms with Crippen LogP contribution in [0.3, 0.4) is 0 Å². The number of carbonyl (C=O) groups is 1. The first kappa shape index (κ1) is 13.1. The Bertz CT molecular complexity index is 675. The van der Waals surface area contributed by atoms with E-state index < -0.39 is 16.1 Å². The number of rotatable bonds is 4. The monoisotopic (exact) mass is 278 g/mol. The second kappa shape index (κ2) is 5.11. The largest absolute Gasteiger partial charge is 0.478 e. The molecule has 2 rings (SSSR count). The van der Waals surface area contributed by atoms with Gasteiger partial charge in [0.05, 0.1) is 5.56 Å². The molecule has 2 aromatic rings. The number of hydrogen-bond acceptors (Lipinski definition) is 4. The Kier molecular flexibility index (Phi) is 3.52. The SMILES string of the molecule is O=C(O)c1ccc(OS(=O)(=O)c2ccccc2)cc1. The number of carboxylic acid groups (broad SMARTS) is 1. The van der Waals surface area contributed by atoms with Crippen LogP contribution in [0, 0.1) is 0 Å². The van der Waals surface area contributed by atoms with Crippen molar-refractivity contribution in [3.05, 3.63) is 60.2 Å². The number of carboxylic acids is 1. The molecule has 0 saturated carbocycles. The van der Waals surface area contributed by atoms with Gasteiger partial charge in [0, 0.05) is 0 Å². The standard InChI is InChI=1S/C13H10O5S/c14-13(15)10-6-8-11(9-7-10)18-19(16,17)12-4-2-1-3-5-12/h1-9H,(H,14,15). The lowest BCUT2D eigenvalue weighted by molar-refractivity contribution is 0.0697. The predicted molar refractivity (Wildman–Crippen MR) is 67.7 cm³/mol. The molecule has 0 aromatic heterocycles. The normalized spacial score (nSPS) is 10.9. The Hall–Kier alpha value is -2.34. The molecule has 0 fully saturated rings. The summed E-state index contributed by atoms with van der Waals surface area (Å²) in [6.45, 7) is 0. The van der Waals surface area contributed by atoms with Crippen molar-refractivity contribution in [2.24, 2.45) is 0 Å². The summed E-state index contributed by atoms with van der Waals surface area (Å²) in [6, 6.07) is 12.8. The highest BCUT2D eigenvalue weighted by Crippen LogP contribution is 2.18. The molecule has 19 heavy (non-hydrogen) atoms. The van der Waals surface area contributed by atoms with Crippen LogP contribution < -0.4 is 4.18 Å². The third-order valence-electron chi connectivity index (χ3n) is 2.34. The van der Waals surface area contributed by atoms with Gasteiger partial charge in [0.2, 0.25) is 0 Å². The number of aromatic carboxylic acids is 1. The van der Waals surface area contributed by atoms with Crippen molar-refractivity contribution < 1.29 is 22.5 Å². The third kappa shape index (κ3) is 3.11. The summed E-state index contributed by atoms with van der Waals surface area (Å²) in [5, 5.41) is 8.73. The summed E-state index contributed by atoms with van der Waals surface area (Å²) in [7, 11) is -3.89. The van der Waals surface area contributed by atoms with Gasteiger partial charge < -0.3 is 9.29 Å². The fourth-order valence-corrected chi connectivity index (χ4v) is 2.37. The van der Waals surface area contributed by atoms with Crippen molar-refractivity contribution in [2.45, 2.75) is 4.90 Å². The van der Waals surface area contributed by atoms with Gasteiger partial charge in [-0.3, -0.25) is 0 Å². The maximum Gasteiger partial charge on any atom is 0.339 e. The molecule has 6 heteroatoms. The van der Waals surface area contributed by atoms with Crippen LogP contribution in [0.15, 0.2) is 59.5 Å². The van der Waals surface area contributed by atoms with Crippen LogP contribution in [-0.4, -0.2) is 19.5 Å². The van der Waals surface area contributed by atoms with Crippen LogP contribution in [0.4, 0.5) is 0 Å². The quantitative estimate of drug-likeness (QED) is 0.867. The Morgan fingerprint density at radius 1 is 0.947 bits per heavy atom. The molecule has 1 N–H and O–H groups in total. The van der Waals surface area contributed by atoms with Crippen LogP contribution in [-0.2, 0) is 10.1 Å². The van der Waals surface area contributed by atoms with Crippen molar-refractivity contribution >= 4 is 16.1 Å². The summed E-state index contributed by atoms with van der Waals surface area (Å²) < 4.78 is 28.7. The van der Waals surface area contributed by atoms with Gasteiger partial charge in [-0.15, -0.1) is 0 Å². The molecule has 5 nitrogen and oxygen atoms in total. The second-order valence-corrected chi connectivity index (χ2v) is 5.23. The topological polar surface area (TPSA) is 80.7 Å². The second-order valence-electron chi connectivity index (χ2n) is 3.68. The highest BCUT2D eigenvalue weighted by molar-refractivity contribution is 7.87. The maximum absolute atomic E-state index is 11.9. The van der Waals surface area contributed by atoms with E-state index in [1.54, 1.807) is 18.2 Å². The zero-order chi connectivity index (χ0) is 13.9. The van der Waals surface area contributed by atoms with Gasteiger partial charge >= 0.3 is 16.1 Å². The minimum atomic E-state index is -3.89. The minimum absolute atomic E-state index is 0.0392. The zero-order valence-electron chi connectivity index (χ0n) is 9.68. The van der Waals surface area contributed by atoms with Gasteiger partial charge in [-0.25, -0.2) is 4.79 Å². The van der Waals surface area contributed by atoms with Crippen molar-refractivity contribution in [1.29, 1.82) is 0 Å². The third-order valence-corrected chi connectivity index (χ3v) is 3.60. The Morgan fingerprint density at radius 2 is 1.53 bits per heavy atom. The molecule has 0 amide bonds. The summed E-state index contributed by atoms with van der Waals surface area (Å²) in [4.78, 5) is 10.7. The van der Waals surface area contributed by atoms with Gasteiger partial charge in [-0.2, -0.15) is 8.42 Å². The van der Waals surface area contributed by atoms with E-state index in [4.69, 9.17) is 9.29 Å². The smallest absolute Gasteiger partial charge is 0.339 e. The lowest BCUT2D eigenvalue weighted by Gasteiger charge is -2.06. The highest BCUT2D eigenvalue weighted by atomic mass is 32.2. The average molecular weight is 278 g/mol. The van der Waals surface area contributed by atoms with E-state index in [9.17, 15) is 13.2 Å². The van der Waals surface area contributed by atoms with E-state index in [1.165, 1.54) is 36.4 Å². The Labute approximate surface area is 110 Å². The molecule has 0 spiro atoms. The van der Waals surface area contributed by atoms with Gasteiger partial charge in [-0.05, 0) is 36.4 Å². The molecular formula is C13H10O5S. The molecule has 0 saturated heterocycles. The molecule has 0 heterocycles. The van der Waals surface area contributed by atoms with E-state index in [0.717, 1.165) is 0 Å². The summed E-state index contributed by atoms with van der Waals surface area (Å²) >= 11 is 0. The summed E-state index contributed by atoms with van der Waals surface area (Å²) in [5.41, 5.74) is 0.0597. The molecule has 0 aliphatic rings. The van der Waals surface area contributed by atoms with E-state index in [2.05, 4.69) is 0 Å². The van der Waals surface area contributed by atoms with Gasteiger partial charge in [-0.1, -0.05) is 18.2 Å². The van der Waals surface area contributed by atoms with Crippen LogP contribution in [0.25, 0.3) is 0 Å². The van der Waals surface area contributed by atoms with Crippen LogP contribution in [0.2, 0.25) is 0 Å². The fraction of sp³-hybridized carbons (Fsp3) is 0. The van der Waals surface area contributed by atoms with Gasteiger partial charge in [0.15, 0.2) is 0 Å². The van der Waals surface area contributed by atoms with Crippen molar-refractivity contribution in [1.82, 2.24) is 0 Å². The maximum atomic E-state index is 11.9. The van der Waals surface area contributed by atoms with Crippen molar-refractivity contribution in [2.75, 3.05) is 0 Å². The van der Waals surface area contributed by atoms with Gasteiger partial charge in [0.25, 0.3) is 0 Å². The van der Waals surface area contributed by atoms with Crippen molar-refractivity contribution in [3.63, 3.8) is 0 Å². The highest BCUT2D eigenvalue weighted by Gasteiger charge is 2.16. The number of benzene rings is 2. The van der Waals surface area contributed by atoms with E-state index in [-0.39, 0.29) is 16.2 Å². The first-order chi connectivity index (χ1) is 8.99. The zero-order valence-corrected chi connectivity index (χ0v) is 10.5. The summed E-state index contributed by atoms with van der Waals surface area (Å²) in [5.74, 6) is -1.02. The Balaban J connectivity index is 2.24. The van der Waals surface area contributed by atoms with Crippen LogP contribution in [0.1, 0.15) is 10.4 Å². The van der Waals surface area contributed by atoms with Crippen LogP contribution >= 0.6 is 0 Å². The number of hydrogen-bond donors (Lipinski definition) is 1. The average Bonchev–Trinajstić information content (AvgIpc) is 2.40. The molecule has 0 atom stereocenters. The van der Waals surface area contributed by atoms with E-state index >= 15 is 0 Å². The molecule has 0 radical (unpaired) electrons. The molecule has 0 aliphatic heterocycles. The molecule has 0 aliphatic carbocycles. The minimum Gasteiger partial charge on any atom is -0.478 e. The Morgan fingerprint density at radius 3 is 2.05 bits per heavy atom. The first-order valence-electron chi connectivity index (χ1n) is 5.32. The molecule has 2 aromatic carbocycles. The first-order valence-corrected chi connectivity index (χ1v) is 6.73. The summed E-state index contributed by atoms with van der Waals surface area (Å²) in [6.07, 6.45) is 0. The molecular weight excluding hydrogens is 268 g/mol.